The van der Waals surface area contributed by atoms with Crippen molar-refractivity contribution in [3.05, 3.63) is 81.3 Å². The lowest BCUT2D eigenvalue weighted by atomic mass is 10.1. The number of aromatic nitrogens is 2. The summed E-state index contributed by atoms with van der Waals surface area (Å²) in [6, 6.07) is 15.5. The molecule has 0 spiro atoms. The van der Waals surface area contributed by atoms with Crippen LogP contribution in [-0.4, -0.2) is 27.5 Å². The zero-order valence-electron chi connectivity index (χ0n) is 19.7. The summed E-state index contributed by atoms with van der Waals surface area (Å²) in [6.45, 7) is 4.50. The number of fused-ring (bicyclic) bond motifs is 1. The first-order valence-corrected chi connectivity index (χ1v) is 12.3. The van der Waals surface area contributed by atoms with Gasteiger partial charge in [-0.25, -0.2) is 4.98 Å². The molecule has 2 heterocycles. The number of nitrogens with zero attached hydrogens (tertiary/aromatic N) is 2. The van der Waals surface area contributed by atoms with Crippen LogP contribution in [-0.2, 0) is 24.8 Å². The van der Waals surface area contributed by atoms with Crippen molar-refractivity contribution in [2.75, 3.05) is 6.79 Å². The number of hydrogen-bond acceptors (Lipinski definition) is 6. The molecule has 0 aliphatic carbocycles. The van der Waals surface area contributed by atoms with Crippen molar-refractivity contribution in [1.29, 1.82) is 0 Å². The largest absolute Gasteiger partial charge is 0.454 e. The summed E-state index contributed by atoms with van der Waals surface area (Å²) < 4.78 is 12.3. The van der Waals surface area contributed by atoms with E-state index in [4.69, 9.17) is 14.5 Å². The van der Waals surface area contributed by atoms with Gasteiger partial charge >= 0.3 is 0 Å². The van der Waals surface area contributed by atoms with Crippen molar-refractivity contribution in [3.8, 4) is 11.5 Å². The number of hydrogen-bond donors (Lipinski definition) is 1. The van der Waals surface area contributed by atoms with Gasteiger partial charge in [0.05, 0.1) is 5.25 Å². The van der Waals surface area contributed by atoms with E-state index < -0.39 is 0 Å². The Hall–Kier alpha value is -3.26. The number of ether oxygens (including phenoxy) is 2. The second kappa shape index (κ2) is 10.8. The quantitative estimate of drug-likeness (QED) is 0.369. The van der Waals surface area contributed by atoms with Crippen LogP contribution in [0.3, 0.4) is 0 Å². The lowest BCUT2D eigenvalue weighted by Gasteiger charge is -2.18. The molecule has 1 aromatic heterocycles. The fourth-order valence-corrected chi connectivity index (χ4v) is 5.05. The molecule has 178 valence electrons. The highest BCUT2D eigenvalue weighted by Gasteiger charge is 2.23. The molecule has 34 heavy (non-hydrogen) atoms. The van der Waals surface area contributed by atoms with Crippen LogP contribution in [0.1, 0.15) is 42.1 Å². The zero-order valence-corrected chi connectivity index (χ0v) is 20.5. The van der Waals surface area contributed by atoms with E-state index in [2.05, 4.69) is 5.32 Å². The molecular weight excluding hydrogens is 450 g/mol. The van der Waals surface area contributed by atoms with E-state index >= 15 is 0 Å². The predicted molar refractivity (Wildman–Crippen MR) is 132 cm³/mol. The van der Waals surface area contributed by atoms with Crippen LogP contribution in [0.4, 0.5) is 0 Å². The SMILES string of the molecule is CCCC(Sc1nc(C)c(Cc2ccccc2)c(=O)n1C)C(=O)NCc1ccc2c(c1)OCO2. The van der Waals surface area contributed by atoms with Crippen molar-refractivity contribution in [3.63, 3.8) is 0 Å². The lowest BCUT2D eigenvalue weighted by molar-refractivity contribution is -0.120. The average Bonchev–Trinajstić information content (AvgIpc) is 3.32. The highest BCUT2D eigenvalue weighted by atomic mass is 32.2. The number of rotatable bonds is 9. The van der Waals surface area contributed by atoms with Gasteiger partial charge in [-0.3, -0.25) is 14.2 Å². The van der Waals surface area contributed by atoms with Gasteiger partial charge in [0.25, 0.3) is 5.56 Å². The van der Waals surface area contributed by atoms with E-state index in [1.807, 2.05) is 62.4 Å². The number of nitrogens with one attached hydrogen (secondary N) is 1. The van der Waals surface area contributed by atoms with Gasteiger partial charge in [0, 0.05) is 31.3 Å². The Balaban J connectivity index is 1.47. The molecule has 8 heteroatoms. The van der Waals surface area contributed by atoms with E-state index in [-0.39, 0.29) is 23.5 Å². The van der Waals surface area contributed by atoms with Gasteiger partial charge < -0.3 is 14.8 Å². The van der Waals surface area contributed by atoms with Crippen molar-refractivity contribution in [1.82, 2.24) is 14.9 Å². The summed E-state index contributed by atoms with van der Waals surface area (Å²) in [4.78, 5) is 30.9. The first kappa shape index (κ1) is 23.9. The highest BCUT2D eigenvalue weighted by molar-refractivity contribution is 8.00. The van der Waals surface area contributed by atoms with Crippen LogP contribution in [0.15, 0.2) is 58.5 Å². The minimum absolute atomic E-state index is 0.0742. The molecule has 1 amide bonds. The van der Waals surface area contributed by atoms with Gasteiger partial charge in [-0.2, -0.15) is 0 Å². The van der Waals surface area contributed by atoms with Crippen molar-refractivity contribution >= 4 is 17.7 Å². The Labute approximate surface area is 203 Å². The van der Waals surface area contributed by atoms with Crippen LogP contribution < -0.4 is 20.3 Å². The minimum atomic E-state index is -0.350. The molecule has 2 aromatic carbocycles. The van der Waals surface area contributed by atoms with E-state index in [0.29, 0.717) is 47.3 Å². The Morgan fingerprint density at radius 1 is 1.15 bits per heavy atom. The van der Waals surface area contributed by atoms with Crippen LogP contribution in [0.25, 0.3) is 0 Å². The number of aryl methyl sites for hydroxylation is 1. The Kier molecular flexibility index (Phi) is 7.57. The second-order valence-electron chi connectivity index (χ2n) is 8.29. The molecule has 4 rings (SSSR count). The number of carbonyl (C=O) groups excluding carboxylic acids is 1. The molecule has 1 aliphatic rings. The zero-order chi connectivity index (χ0) is 24.1. The summed E-state index contributed by atoms with van der Waals surface area (Å²) >= 11 is 1.34. The maximum atomic E-state index is 13.1. The summed E-state index contributed by atoms with van der Waals surface area (Å²) in [5.74, 6) is 1.33. The molecule has 1 unspecified atom stereocenters. The van der Waals surface area contributed by atoms with Crippen LogP contribution in [0.2, 0.25) is 0 Å². The number of benzene rings is 2. The van der Waals surface area contributed by atoms with Gasteiger partial charge in [-0.15, -0.1) is 0 Å². The van der Waals surface area contributed by atoms with E-state index in [1.165, 1.54) is 11.8 Å². The van der Waals surface area contributed by atoms with Crippen LogP contribution >= 0.6 is 11.8 Å². The summed E-state index contributed by atoms with van der Waals surface area (Å²) in [5.41, 5.74) is 3.30. The lowest BCUT2D eigenvalue weighted by Crippen LogP contribution is -2.33. The Morgan fingerprint density at radius 3 is 2.68 bits per heavy atom. The second-order valence-corrected chi connectivity index (χ2v) is 9.46. The van der Waals surface area contributed by atoms with Crippen LogP contribution in [0.5, 0.6) is 11.5 Å². The third-order valence-corrected chi connectivity index (χ3v) is 7.08. The summed E-state index contributed by atoms with van der Waals surface area (Å²) in [7, 11) is 1.72. The van der Waals surface area contributed by atoms with Gasteiger partial charge in [0.1, 0.15) is 0 Å². The fourth-order valence-electron chi connectivity index (χ4n) is 3.83. The van der Waals surface area contributed by atoms with Gasteiger partial charge in [0.2, 0.25) is 12.7 Å². The molecule has 3 aromatic rings. The predicted octanol–water partition coefficient (Wildman–Crippen LogP) is 3.99. The third-order valence-electron chi connectivity index (χ3n) is 5.77. The van der Waals surface area contributed by atoms with Crippen molar-refractivity contribution < 1.29 is 14.3 Å². The molecule has 0 fully saturated rings. The average molecular weight is 480 g/mol. The normalized spacial score (nSPS) is 13.0. The molecule has 0 saturated heterocycles. The smallest absolute Gasteiger partial charge is 0.257 e. The maximum absolute atomic E-state index is 13.1. The van der Waals surface area contributed by atoms with Gasteiger partial charge in [0.15, 0.2) is 16.7 Å². The first-order valence-electron chi connectivity index (χ1n) is 11.4. The molecule has 1 aliphatic heterocycles. The molecule has 0 radical (unpaired) electrons. The Bertz CT molecular complexity index is 1230. The molecule has 1 atom stereocenters. The van der Waals surface area contributed by atoms with E-state index in [9.17, 15) is 9.59 Å². The maximum Gasteiger partial charge on any atom is 0.257 e. The molecule has 0 saturated carbocycles. The standard InChI is InChI=1S/C26H29N3O4S/c1-4-8-23(24(30)27-15-19-11-12-21-22(14-19)33-16-32-21)34-26-28-17(2)20(25(31)29(26)3)13-18-9-6-5-7-10-18/h5-7,9-12,14,23H,4,8,13,15-16H2,1-3H3,(H,27,30). The van der Waals surface area contributed by atoms with Gasteiger partial charge in [-0.1, -0.05) is 61.5 Å². The van der Waals surface area contributed by atoms with Crippen molar-refractivity contribution in [2.45, 2.75) is 50.1 Å². The van der Waals surface area contributed by atoms with E-state index in [1.54, 1.807) is 11.6 Å². The van der Waals surface area contributed by atoms with Crippen LogP contribution in [0, 0.1) is 6.92 Å². The monoisotopic (exact) mass is 479 g/mol. The number of thioether (sulfide) groups is 1. The molecule has 7 nitrogen and oxygen atoms in total. The summed E-state index contributed by atoms with van der Waals surface area (Å²) in [6.07, 6.45) is 2.05. The number of amides is 1. The first-order chi connectivity index (χ1) is 16.5. The molecule has 1 N–H and O–H groups in total. The topological polar surface area (TPSA) is 82.5 Å². The number of carbonyl (C=O) groups is 1. The van der Waals surface area contributed by atoms with Gasteiger partial charge in [-0.05, 0) is 36.6 Å². The highest BCUT2D eigenvalue weighted by Crippen LogP contribution is 2.32. The fraction of sp³-hybridized carbons (Fsp3) is 0.346. The summed E-state index contributed by atoms with van der Waals surface area (Å²) in [5, 5.41) is 3.22. The minimum Gasteiger partial charge on any atom is -0.454 e. The van der Waals surface area contributed by atoms with E-state index in [0.717, 1.165) is 17.5 Å². The Morgan fingerprint density at radius 2 is 1.91 bits per heavy atom. The molecule has 0 bridgehead atoms. The molecular formula is C26H29N3O4S. The van der Waals surface area contributed by atoms with Crippen molar-refractivity contribution in [2.24, 2.45) is 7.05 Å². The third kappa shape index (κ3) is 5.44.